The van der Waals surface area contributed by atoms with Crippen LogP contribution in [0.25, 0.3) is 10.9 Å². The zero-order valence-corrected chi connectivity index (χ0v) is 10.4. The summed E-state index contributed by atoms with van der Waals surface area (Å²) in [4.78, 5) is 14.3. The summed E-state index contributed by atoms with van der Waals surface area (Å²) in [6, 6.07) is 3.07. The third-order valence-corrected chi connectivity index (χ3v) is 2.78. The topological polar surface area (TPSA) is 62.3 Å². The molecule has 0 amide bonds. The van der Waals surface area contributed by atoms with Gasteiger partial charge >= 0.3 is 5.97 Å². The summed E-state index contributed by atoms with van der Waals surface area (Å²) in [5.74, 6) is -0.853. The highest BCUT2D eigenvalue weighted by Gasteiger charge is 2.20. The normalized spacial score (nSPS) is 10.8. The van der Waals surface area contributed by atoms with Crippen molar-refractivity contribution in [2.24, 2.45) is 0 Å². The van der Waals surface area contributed by atoms with Crippen LogP contribution >= 0.6 is 23.2 Å². The molecule has 4 nitrogen and oxygen atoms in total. The Bertz CT molecular complexity index is 592. The van der Waals surface area contributed by atoms with E-state index >= 15 is 0 Å². The van der Waals surface area contributed by atoms with E-state index in [1.165, 1.54) is 6.07 Å². The number of esters is 1. The minimum atomic E-state index is -0.631. The van der Waals surface area contributed by atoms with Crippen LogP contribution in [0, 0.1) is 0 Å². The number of H-pyrrole nitrogens is 1. The number of halogens is 2. The monoisotopic (exact) mass is 273 g/mol. The van der Waals surface area contributed by atoms with Crippen LogP contribution in [0.2, 0.25) is 10.0 Å². The van der Waals surface area contributed by atoms with E-state index in [0.29, 0.717) is 15.9 Å². The molecule has 0 atom stereocenters. The first-order valence-corrected chi connectivity index (χ1v) is 5.67. The Kier molecular flexibility index (Phi) is 3.17. The van der Waals surface area contributed by atoms with E-state index in [9.17, 15) is 9.90 Å². The lowest BCUT2D eigenvalue weighted by molar-refractivity contribution is 0.0517. The predicted molar refractivity (Wildman–Crippen MR) is 65.9 cm³/mol. The number of carbonyl (C=O) groups excluding carboxylic acids is 1. The lowest BCUT2D eigenvalue weighted by Gasteiger charge is -1.99. The van der Waals surface area contributed by atoms with E-state index in [1.807, 2.05) is 0 Å². The Hall–Kier alpha value is -1.39. The number of rotatable bonds is 2. The fourth-order valence-corrected chi connectivity index (χ4v) is 2.17. The van der Waals surface area contributed by atoms with Crippen molar-refractivity contribution in [3.63, 3.8) is 0 Å². The maximum atomic E-state index is 11.5. The van der Waals surface area contributed by atoms with Gasteiger partial charge in [0.2, 0.25) is 0 Å². The van der Waals surface area contributed by atoms with Crippen LogP contribution < -0.4 is 0 Å². The van der Waals surface area contributed by atoms with Crippen molar-refractivity contribution in [1.82, 2.24) is 4.98 Å². The van der Waals surface area contributed by atoms with Gasteiger partial charge in [0, 0.05) is 5.02 Å². The van der Waals surface area contributed by atoms with Crippen LogP contribution in [0.1, 0.15) is 17.4 Å². The number of hydrogen-bond acceptors (Lipinski definition) is 3. The zero-order chi connectivity index (χ0) is 12.6. The molecule has 90 valence electrons. The molecule has 17 heavy (non-hydrogen) atoms. The highest BCUT2D eigenvalue weighted by atomic mass is 35.5. The number of benzene rings is 1. The van der Waals surface area contributed by atoms with Crippen molar-refractivity contribution >= 4 is 40.1 Å². The van der Waals surface area contributed by atoms with Crippen LogP contribution in [0.15, 0.2) is 12.1 Å². The summed E-state index contributed by atoms with van der Waals surface area (Å²) in [7, 11) is 0. The SMILES string of the molecule is CCOC(=O)c1[nH]c2cc(Cl)cc(Cl)c2c1O. The van der Waals surface area contributed by atoms with Crippen molar-refractivity contribution in [3.8, 4) is 5.75 Å². The van der Waals surface area contributed by atoms with Gasteiger partial charge in [0.05, 0.1) is 22.5 Å². The fraction of sp³-hybridized carbons (Fsp3) is 0.182. The highest BCUT2D eigenvalue weighted by Crippen LogP contribution is 2.36. The number of aromatic hydroxyl groups is 1. The molecular weight excluding hydrogens is 265 g/mol. The molecule has 0 spiro atoms. The minimum Gasteiger partial charge on any atom is -0.505 e. The van der Waals surface area contributed by atoms with Crippen LogP contribution in [-0.4, -0.2) is 22.7 Å². The third kappa shape index (κ3) is 2.06. The van der Waals surface area contributed by atoms with E-state index in [2.05, 4.69) is 4.98 Å². The molecule has 0 aliphatic heterocycles. The number of carbonyl (C=O) groups is 1. The largest absolute Gasteiger partial charge is 0.505 e. The number of aromatic amines is 1. The molecule has 1 heterocycles. The quantitative estimate of drug-likeness (QED) is 0.825. The summed E-state index contributed by atoms with van der Waals surface area (Å²) in [6.07, 6.45) is 0. The van der Waals surface area contributed by atoms with E-state index in [1.54, 1.807) is 13.0 Å². The second-order valence-electron chi connectivity index (χ2n) is 3.38. The van der Waals surface area contributed by atoms with Gasteiger partial charge in [0.15, 0.2) is 11.4 Å². The average molecular weight is 274 g/mol. The van der Waals surface area contributed by atoms with Gasteiger partial charge < -0.3 is 14.8 Å². The number of hydrogen-bond donors (Lipinski definition) is 2. The minimum absolute atomic E-state index is 0.0222. The highest BCUT2D eigenvalue weighted by molar-refractivity contribution is 6.39. The van der Waals surface area contributed by atoms with Crippen molar-refractivity contribution in [2.45, 2.75) is 6.92 Å². The van der Waals surface area contributed by atoms with Crippen LogP contribution in [-0.2, 0) is 4.74 Å². The van der Waals surface area contributed by atoms with E-state index in [-0.39, 0.29) is 23.1 Å². The Morgan fingerprint density at radius 2 is 2.18 bits per heavy atom. The van der Waals surface area contributed by atoms with E-state index < -0.39 is 5.97 Å². The van der Waals surface area contributed by atoms with Gasteiger partial charge in [-0.3, -0.25) is 0 Å². The molecule has 0 aliphatic rings. The Balaban J connectivity index is 2.64. The zero-order valence-electron chi connectivity index (χ0n) is 8.88. The summed E-state index contributed by atoms with van der Waals surface area (Å²) in [5, 5.41) is 10.9. The van der Waals surface area contributed by atoms with Crippen LogP contribution in [0.4, 0.5) is 0 Å². The fourth-order valence-electron chi connectivity index (χ4n) is 1.58. The van der Waals surface area contributed by atoms with Crippen LogP contribution in [0.3, 0.4) is 0 Å². The molecule has 2 rings (SSSR count). The molecule has 6 heteroatoms. The molecule has 0 radical (unpaired) electrons. The smallest absolute Gasteiger partial charge is 0.358 e. The molecule has 0 bridgehead atoms. The number of ether oxygens (including phenoxy) is 1. The number of nitrogens with one attached hydrogen (secondary N) is 1. The van der Waals surface area contributed by atoms with Gasteiger partial charge in [-0.25, -0.2) is 4.79 Å². The second kappa shape index (κ2) is 4.47. The number of fused-ring (bicyclic) bond motifs is 1. The standard InChI is InChI=1S/C11H9Cl2NO3/c1-2-17-11(16)9-10(15)8-6(13)3-5(12)4-7(8)14-9/h3-4,14-15H,2H2,1H3. The van der Waals surface area contributed by atoms with Gasteiger partial charge in [0.1, 0.15) is 0 Å². The Morgan fingerprint density at radius 1 is 1.47 bits per heavy atom. The van der Waals surface area contributed by atoms with Gasteiger partial charge in [-0.15, -0.1) is 0 Å². The predicted octanol–water partition coefficient (Wildman–Crippen LogP) is 3.36. The Labute approximate surface area is 107 Å². The molecule has 0 unspecified atom stereocenters. The Morgan fingerprint density at radius 3 is 2.82 bits per heavy atom. The molecule has 0 saturated carbocycles. The van der Waals surface area contributed by atoms with Crippen molar-refractivity contribution in [2.75, 3.05) is 6.61 Å². The molecular formula is C11H9Cl2NO3. The molecule has 1 aromatic carbocycles. The molecule has 0 fully saturated rings. The van der Waals surface area contributed by atoms with Gasteiger partial charge in [-0.1, -0.05) is 23.2 Å². The number of aromatic nitrogens is 1. The third-order valence-electron chi connectivity index (χ3n) is 2.27. The lowest BCUT2D eigenvalue weighted by Crippen LogP contribution is -2.04. The molecule has 2 aromatic rings. The lowest BCUT2D eigenvalue weighted by atomic mass is 10.2. The first kappa shape index (κ1) is 12.1. The van der Waals surface area contributed by atoms with Crippen molar-refractivity contribution in [3.05, 3.63) is 27.9 Å². The average Bonchev–Trinajstić information content (AvgIpc) is 2.56. The summed E-state index contributed by atoms with van der Waals surface area (Å²) < 4.78 is 4.80. The first-order valence-electron chi connectivity index (χ1n) is 4.91. The molecule has 2 N–H and O–H groups in total. The first-order chi connectivity index (χ1) is 8.04. The molecule has 1 aromatic heterocycles. The van der Waals surface area contributed by atoms with Gasteiger partial charge in [-0.2, -0.15) is 0 Å². The van der Waals surface area contributed by atoms with E-state index in [0.717, 1.165) is 0 Å². The molecule has 0 aliphatic carbocycles. The second-order valence-corrected chi connectivity index (χ2v) is 4.22. The summed E-state index contributed by atoms with van der Waals surface area (Å²) in [6.45, 7) is 1.91. The molecule has 0 saturated heterocycles. The van der Waals surface area contributed by atoms with Gasteiger partial charge in [0.25, 0.3) is 0 Å². The van der Waals surface area contributed by atoms with Crippen LogP contribution in [0.5, 0.6) is 5.75 Å². The van der Waals surface area contributed by atoms with E-state index in [4.69, 9.17) is 27.9 Å². The van der Waals surface area contributed by atoms with Gasteiger partial charge in [-0.05, 0) is 19.1 Å². The maximum absolute atomic E-state index is 11.5. The van der Waals surface area contributed by atoms with Crippen molar-refractivity contribution in [1.29, 1.82) is 0 Å². The summed E-state index contributed by atoms with van der Waals surface area (Å²) >= 11 is 11.8. The summed E-state index contributed by atoms with van der Waals surface area (Å²) in [5.41, 5.74) is 0.467. The maximum Gasteiger partial charge on any atom is 0.358 e. The van der Waals surface area contributed by atoms with Crippen molar-refractivity contribution < 1.29 is 14.6 Å².